The molecule has 2 fully saturated rings. The van der Waals surface area contributed by atoms with Gasteiger partial charge in [0, 0.05) is 6.54 Å². The number of hydrogen-bond acceptors (Lipinski definition) is 3. The van der Waals surface area contributed by atoms with Gasteiger partial charge in [-0.2, -0.15) is 5.26 Å². The molecule has 2 unspecified atom stereocenters. The van der Waals surface area contributed by atoms with Gasteiger partial charge in [-0.3, -0.25) is 0 Å². The molecule has 2 aliphatic rings. The Balaban J connectivity index is 1.76. The van der Waals surface area contributed by atoms with Crippen molar-refractivity contribution >= 4 is 0 Å². The van der Waals surface area contributed by atoms with Gasteiger partial charge in [-0.15, -0.1) is 0 Å². The van der Waals surface area contributed by atoms with Crippen LogP contribution in [0.25, 0.3) is 0 Å². The lowest BCUT2D eigenvalue weighted by molar-refractivity contribution is 0.188. The molecule has 0 bridgehead atoms. The van der Waals surface area contributed by atoms with Crippen molar-refractivity contribution in [2.75, 3.05) is 27.2 Å². The molecule has 0 amide bonds. The molecule has 3 nitrogen and oxygen atoms in total. The van der Waals surface area contributed by atoms with Crippen molar-refractivity contribution in [3.05, 3.63) is 0 Å². The molecule has 0 aromatic heterocycles. The minimum Gasteiger partial charge on any atom is -0.306 e. The van der Waals surface area contributed by atoms with Gasteiger partial charge in [-0.25, -0.2) is 0 Å². The molecule has 2 rings (SSSR count). The van der Waals surface area contributed by atoms with Gasteiger partial charge in [0.25, 0.3) is 0 Å². The van der Waals surface area contributed by atoms with E-state index in [-0.39, 0.29) is 5.54 Å². The highest BCUT2D eigenvalue weighted by Crippen LogP contribution is 2.37. The summed E-state index contributed by atoms with van der Waals surface area (Å²) in [4.78, 5) is 2.47. The van der Waals surface area contributed by atoms with E-state index in [0.29, 0.717) is 5.92 Å². The summed E-state index contributed by atoms with van der Waals surface area (Å²) in [6.07, 6.45) is 8.88. The molecule has 0 spiro atoms. The van der Waals surface area contributed by atoms with Crippen LogP contribution < -0.4 is 5.32 Å². The zero-order chi connectivity index (χ0) is 13.0. The Morgan fingerprint density at radius 3 is 2.67 bits per heavy atom. The summed E-state index contributed by atoms with van der Waals surface area (Å²) < 4.78 is 0. The average molecular weight is 249 g/mol. The molecule has 0 aliphatic heterocycles. The van der Waals surface area contributed by atoms with Gasteiger partial charge in [0.05, 0.1) is 6.07 Å². The van der Waals surface area contributed by atoms with Gasteiger partial charge in [0.1, 0.15) is 5.54 Å². The lowest BCUT2D eigenvalue weighted by Crippen LogP contribution is -2.45. The van der Waals surface area contributed by atoms with Crippen molar-refractivity contribution in [1.82, 2.24) is 10.2 Å². The molecule has 0 aromatic rings. The lowest BCUT2D eigenvalue weighted by atomic mass is 9.84. The van der Waals surface area contributed by atoms with Crippen LogP contribution in [0.2, 0.25) is 0 Å². The van der Waals surface area contributed by atoms with Gasteiger partial charge in [0.15, 0.2) is 0 Å². The SMILES string of the molecule is CNC1(C#N)CCCC1CCN(C)CC1CCC1. The molecule has 2 aliphatic carbocycles. The van der Waals surface area contributed by atoms with E-state index in [1.807, 2.05) is 7.05 Å². The Labute approximate surface area is 112 Å². The minimum absolute atomic E-state index is 0.239. The lowest BCUT2D eigenvalue weighted by Gasteiger charge is -2.32. The molecular weight excluding hydrogens is 222 g/mol. The van der Waals surface area contributed by atoms with Crippen molar-refractivity contribution in [2.24, 2.45) is 11.8 Å². The second kappa shape index (κ2) is 6.04. The normalized spacial score (nSPS) is 32.4. The fourth-order valence-corrected chi connectivity index (χ4v) is 3.58. The van der Waals surface area contributed by atoms with Crippen LogP contribution in [0.3, 0.4) is 0 Å². The average Bonchev–Trinajstić information content (AvgIpc) is 2.75. The maximum absolute atomic E-state index is 9.42. The topological polar surface area (TPSA) is 39.1 Å². The molecule has 18 heavy (non-hydrogen) atoms. The van der Waals surface area contributed by atoms with Crippen LogP contribution in [-0.4, -0.2) is 37.6 Å². The summed E-state index contributed by atoms with van der Waals surface area (Å²) in [6.45, 7) is 2.40. The van der Waals surface area contributed by atoms with E-state index in [4.69, 9.17) is 0 Å². The minimum atomic E-state index is -0.239. The maximum atomic E-state index is 9.42. The molecule has 102 valence electrons. The molecule has 0 heterocycles. The van der Waals surface area contributed by atoms with E-state index in [1.165, 1.54) is 38.6 Å². The van der Waals surface area contributed by atoms with Gasteiger partial charge in [-0.05, 0) is 64.6 Å². The van der Waals surface area contributed by atoms with Crippen molar-refractivity contribution in [1.29, 1.82) is 5.26 Å². The third-order valence-corrected chi connectivity index (χ3v) is 5.12. The quantitative estimate of drug-likeness (QED) is 0.785. The van der Waals surface area contributed by atoms with Gasteiger partial charge >= 0.3 is 0 Å². The Kier molecular flexibility index (Phi) is 4.64. The molecule has 0 radical (unpaired) electrons. The Hall–Kier alpha value is -0.590. The number of nitriles is 1. The molecule has 3 heteroatoms. The van der Waals surface area contributed by atoms with E-state index >= 15 is 0 Å². The van der Waals surface area contributed by atoms with E-state index in [9.17, 15) is 5.26 Å². The van der Waals surface area contributed by atoms with Gasteiger partial charge in [0.2, 0.25) is 0 Å². The Morgan fingerprint density at radius 2 is 2.11 bits per heavy atom. The number of rotatable bonds is 6. The smallest absolute Gasteiger partial charge is 0.109 e. The highest BCUT2D eigenvalue weighted by atomic mass is 15.1. The number of nitrogens with one attached hydrogen (secondary N) is 1. The standard InChI is InChI=1S/C15H27N3/c1-17-15(12-16)9-4-7-14(15)8-10-18(2)11-13-5-3-6-13/h13-14,17H,3-11H2,1-2H3. The number of hydrogen-bond donors (Lipinski definition) is 1. The van der Waals surface area contributed by atoms with E-state index < -0.39 is 0 Å². The molecule has 1 N–H and O–H groups in total. The Morgan fingerprint density at radius 1 is 1.33 bits per heavy atom. The number of nitrogens with zero attached hydrogens (tertiary/aromatic N) is 2. The van der Waals surface area contributed by atoms with Crippen LogP contribution in [0.4, 0.5) is 0 Å². The summed E-state index contributed by atoms with van der Waals surface area (Å²) in [5.41, 5.74) is -0.239. The van der Waals surface area contributed by atoms with Crippen LogP contribution in [0, 0.1) is 23.2 Å². The predicted octanol–water partition coefficient (Wildman–Crippen LogP) is 2.39. The summed E-state index contributed by atoms with van der Waals surface area (Å²) in [5.74, 6) is 1.49. The third-order valence-electron chi connectivity index (χ3n) is 5.12. The maximum Gasteiger partial charge on any atom is 0.109 e. The van der Waals surface area contributed by atoms with Gasteiger partial charge in [-0.1, -0.05) is 12.8 Å². The first-order valence-electron chi connectivity index (χ1n) is 7.49. The first-order valence-corrected chi connectivity index (χ1v) is 7.49. The van der Waals surface area contributed by atoms with Crippen molar-refractivity contribution in [2.45, 2.75) is 50.5 Å². The highest BCUT2D eigenvalue weighted by Gasteiger charge is 2.41. The van der Waals surface area contributed by atoms with Crippen LogP contribution in [0.15, 0.2) is 0 Å². The molecule has 2 atom stereocenters. The van der Waals surface area contributed by atoms with E-state index in [2.05, 4.69) is 23.3 Å². The van der Waals surface area contributed by atoms with Crippen LogP contribution >= 0.6 is 0 Å². The fourth-order valence-electron chi connectivity index (χ4n) is 3.58. The summed E-state index contributed by atoms with van der Waals surface area (Å²) in [6, 6.07) is 2.53. The largest absolute Gasteiger partial charge is 0.306 e. The first-order chi connectivity index (χ1) is 8.70. The van der Waals surface area contributed by atoms with Crippen molar-refractivity contribution in [3.63, 3.8) is 0 Å². The second-order valence-electron chi connectivity index (χ2n) is 6.27. The van der Waals surface area contributed by atoms with E-state index in [0.717, 1.165) is 25.3 Å². The van der Waals surface area contributed by atoms with E-state index in [1.54, 1.807) is 0 Å². The molecular formula is C15H27N3. The van der Waals surface area contributed by atoms with Crippen LogP contribution in [0.1, 0.15) is 44.9 Å². The zero-order valence-electron chi connectivity index (χ0n) is 11.9. The second-order valence-corrected chi connectivity index (χ2v) is 6.27. The van der Waals surface area contributed by atoms with Crippen LogP contribution in [-0.2, 0) is 0 Å². The molecule has 0 aromatic carbocycles. The first kappa shape index (κ1) is 13.8. The third kappa shape index (κ3) is 2.87. The highest BCUT2D eigenvalue weighted by molar-refractivity contribution is 5.13. The predicted molar refractivity (Wildman–Crippen MR) is 74.2 cm³/mol. The van der Waals surface area contributed by atoms with Gasteiger partial charge < -0.3 is 10.2 Å². The summed E-state index contributed by atoms with van der Waals surface area (Å²) in [5, 5.41) is 12.7. The van der Waals surface area contributed by atoms with Crippen LogP contribution in [0.5, 0.6) is 0 Å². The molecule has 2 saturated carbocycles. The van der Waals surface area contributed by atoms with Crippen molar-refractivity contribution in [3.8, 4) is 6.07 Å². The fraction of sp³-hybridized carbons (Fsp3) is 0.933. The zero-order valence-corrected chi connectivity index (χ0v) is 11.9. The molecule has 0 saturated heterocycles. The Bertz CT molecular complexity index is 305. The summed E-state index contributed by atoms with van der Waals surface area (Å²) >= 11 is 0. The summed E-state index contributed by atoms with van der Waals surface area (Å²) in [7, 11) is 4.18. The van der Waals surface area contributed by atoms with Crippen molar-refractivity contribution < 1.29 is 0 Å². The monoisotopic (exact) mass is 249 g/mol.